The van der Waals surface area contributed by atoms with Gasteiger partial charge < -0.3 is 14.6 Å². The van der Waals surface area contributed by atoms with E-state index in [1.54, 1.807) is 35.4 Å². The summed E-state index contributed by atoms with van der Waals surface area (Å²) in [4.78, 5) is 22.8. The molecule has 0 aromatic carbocycles. The second kappa shape index (κ2) is 6.15. The lowest BCUT2D eigenvalue weighted by atomic mass is 10.4. The van der Waals surface area contributed by atoms with Crippen molar-refractivity contribution in [3.05, 3.63) is 49.1 Å². The minimum atomic E-state index is -0.318. The molecule has 8 heteroatoms. The molecule has 1 aliphatic heterocycles. The monoisotopic (exact) mass is 324 g/mol. The number of rotatable bonds is 4. The van der Waals surface area contributed by atoms with Crippen molar-refractivity contribution < 1.29 is 9.21 Å². The van der Waals surface area contributed by atoms with Crippen molar-refractivity contribution in [3.8, 4) is 5.82 Å². The molecule has 3 aromatic rings. The smallest absolute Gasteiger partial charge is 0.291 e. The van der Waals surface area contributed by atoms with Gasteiger partial charge in [-0.3, -0.25) is 4.79 Å². The topological polar surface area (TPSA) is 89.1 Å². The minimum absolute atomic E-state index is 0.252. The third-order valence-electron chi connectivity index (χ3n) is 3.92. The Morgan fingerprint density at radius 3 is 2.92 bits per heavy atom. The van der Waals surface area contributed by atoms with Crippen molar-refractivity contribution in [1.82, 2.24) is 19.7 Å². The maximum atomic E-state index is 12.0. The summed E-state index contributed by atoms with van der Waals surface area (Å²) in [6.45, 7) is 1.98. The first-order valence-electron chi connectivity index (χ1n) is 7.76. The van der Waals surface area contributed by atoms with Crippen molar-refractivity contribution in [3.63, 3.8) is 0 Å². The van der Waals surface area contributed by atoms with Crippen LogP contribution in [0.1, 0.15) is 23.4 Å². The summed E-state index contributed by atoms with van der Waals surface area (Å²) in [5.74, 6) is 0.634. The molecule has 0 unspecified atom stereocenters. The van der Waals surface area contributed by atoms with Crippen LogP contribution in [-0.2, 0) is 0 Å². The Bertz CT molecular complexity index is 836. The zero-order chi connectivity index (χ0) is 16.4. The lowest BCUT2D eigenvalue weighted by Crippen LogP contribution is -2.20. The number of amides is 1. The second-order valence-electron chi connectivity index (χ2n) is 5.53. The molecule has 0 aliphatic carbocycles. The van der Waals surface area contributed by atoms with Crippen molar-refractivity contribution in [2.24, 2.45) is 0 Å². The van der Waals surface area contributed by atoms with E-state index in [4.69, 9.17) is 4.42 Å². The van der Waals surface area contributed by atoms with Crippen molar-refractivity contribution in [2.75, 3.05) is 23.3 Å². The van der Waals surface area contributed by atoms with Gasteiger partial charge in [0.1, 0.15) is 12.0 Å². The molecule has 4 rings (SSSR count). The Morgan fingerprint density at radius 2 is 2.12 bits per heavy atom. The molecule has 24 heavy (non-hydrogen) atoms. The number of furan rings is 1. The number of carbonyl (C=O) groups is 1. The lowest BCUT2D eigenvalue weighted by Gasteiger charge is -2.19. The van der Waals surface area contributed by atoms with Gasteiger partial charge in [0, 0.05) is 13.1 Å². The molecule has 1 saturated heterocycles. The first-order chi connectivity index (χ1) is 11.8. The van der Waals surface area contributed by atoms with E-state index in [-0.39, 0.29) is 11.7 Å². The molecule has 0 spiro atoms. The van der Waals surface area contributed by atoms with Gasteiger partial charge in [-0.1, -0.05) is 0 Å². The standard InChI is InChI=1S/C16H16N6O2/c23-16(14-4-3-7-24-14)20-12-8-19-22(10-12)15-13(9-17-11-18-15)21-5-1-2-6-21/h3-4,7-11H,1-2,5-6H2,(H,20,23). The van der Waals surface area contributed by atoms with Gasteiger partial charge in [0.05, 0.1) is 30.5 Å². The second-order valence-corrected chi connectivity index (χ2v) is 5.53. The molecule has 0 bridgehead atoms. The Morgan fingerprint density at radius 1 is 1.25 bits per heavy atom. The Labute approximate surface area is 138 Å². The summed E-state index contributed by atoms with van der Waals surface area (Å²) in [5, 5.41) is 7.06. The summed E-state index contributed by atoms with van der Waals surface area (Å²) in [6, 6.07) is 3.28. The highest BCUT2D eigenvalue weighted by Gasteiger charge is 2.19. The van der Waals surface area contributed by atoms with Crippen LogP contribution < -0.4 is 10.2 Å². The van der Waals surface area contributed by atoms with E-state index in [0.717, 1.165) is 31.6 Å². The van der Waals surface area contributed by atoms with E-state index in [2.05, 4.69) is 25.3 Å². The summed E-state index contributed by atoms with van der Waals surface area (Å²) < 4.78 is 6.72. The van der Waals surface area contributed by atoms with E-state index in [1.807, 2.05) is 0 Å². The summed E-state index contributed by atoms with van der Waals surface area (Å²) in [5.41, 5.74) is 1.52. The van der Waals surface area contributed by atoms with Crippen molar-refractivity contribution in [2.45, 2.75) is 12.8 Å². The van der Waals surface area contributed by atoms with Crippen LogP contribution >= 0.6 is 0 Å². The van der Waals surface area contributed by atoms with Gasteiger partial charge in [-0.05, 0) is 25.0 Å². The minimum Gasteiger partial charge on any atom is -0.459 e. The lowest BCUT2D eigenvalue weighted by molar-refractivity contribution is 0.0996. The maximum absolute atomic E-state index is 12.0. The molecule has 0 atom stereocenters. The first kappa shape index (κ1) is 14.4. The molecule has 1 fully saturated rings. The van der Waals surface area contributed by atoms with E-state index in [1.165, 1.54) is 12.6 Å². The van der Waals surface area contributed by atoms with E-state index in [0.29, 0.717) is 11.5 Å². The molecule has 8 nitrogen and oxygen atoms in total. The summed E-state index contributed by atoms with van der Waals surface area (Å²) in [7, 11) is 0. The fourth-order valence-corrected chi connectivity index (χ4v) is 2.78. The van der Waals surface area contributed by atoms with E-state index in [9.17, 15) is 4.79 Å². The third kappa shape index (κ3) is 2.73. The zero-order valence-corrected chi connectivity index (χ0v) is 12.9. The Hall–Kier alpha value is -3.16. The van der Waals surface area contributed by atoms with Gasteiger partial charge in [0.25, 0.3) is 5.91 Å². The quantitative estimate of drug-likeness (QED) is 0.790. The normalized spacial score (nSPS) is 14.1. The van der Waals surface area contributed by atoms with Crippen LogP contribution in [0.2, 0.25) is 0 Å². The zero-order valence-electron chi connectivity index (χ0n) is 12.9. The molecule has 1 amide bonds. The van der Waals surface area contributed by atoms with Crippen LogP contribution in [-0.4, -0.2) is 38.7 Å². The predicted molar refractivity (Wildman–Crippen MR) is 87.3 cm³/mol. The molecule has 122 valence electrons. The van der Waals surface area contributed by atoms with Crippen LogP contribution in [0.3, 0.4) is 0 Å². The number of aromatic nitrogens is 4. The van der Waals surface area contributed by atoms with Crippen molar-refractivity contribution >= 4 is 17.3 Å². The number of nitrogens with zero attached hydrogens (tertiary/aromatic N) is 5. The average Bonchev–Trinajstić information content (AvgIpc) is 3.36. The van der Waals surface area contributed by atoms with Gasteiger partial charge in [-0.25, -0.2) is 14.6 Å². The van der Waals surface area contributed by atoms with Crippen LogP contribution in [0, 0.1) is 0 Å². The van der Waals surface area contributed by atoms with Crippen LogP contribution in [0.15, 0.2) is 47.7 Å². The molecular weight excluding hydrogens is 308 g/mol. The number of hydrogen-bond donors (Lipinski definition) is 1. The molecule has 1 aliphatic rings. The number of hydrogen-bond acceptors (Lipinski definition) is 6. The summed E-state index contributed by atoms with van der Waals surface area (Å²) >= 11 is 0. The molecule has 3 aromatic heterocycles. The van der Waals surface area contributed by atoms with Crippen LogP contribution in [0.5, 0.6) is 0 Å². The van der Waals surface area contributed by atoms with Crippen LogP contribution in [0.4, 0.5) is 11.4 Å². The van der Waals surface area contributed by atoms with Crippen molar-refractivity contribution in [1.29, 1.82) is 0 Å². The SMILES string of the molecule is O=C(Nc1cnn(-c2ncncc2N2CCCC2)c1)c1ccco1. The molecule has 4 heterocycles. The molecule has 1 N–H and O–H groups in total. The Balaban J connectivity index is 1.58. The van der Waals surface area contributed by atoms with Gasteiger partial charge >= 0.3 is 0 Å². The van der Waals surface area contributed by atoms with E-state index >= 15 is 0 Å². The number of carbonyl (C=O) groups excluding carboxylic acids is 1. The van der Waals surface area contributed by atoms with Gasteiger partial charge in [0.2, 0.25) is 0 Å². The average molecular weight is 324 g/mol. The molecular formula is C16H16N6O2. The highest BCUT2D eigenvalue weighted by atomic mass is 16.3. The first-order valence-corrected chi connectivity index (χ1v) is 7.76. The predicted octanol–water partition coefficient (Wildman–Crippen LogP) is 2.11. The third-order valence-corrected chi connectivity index (χ3v) is 3.92. The van der Waals surface area contributed by atoms with Gasteiger partial charge in [-0.15, -0.1) is 0 Å². The molecule has 0 radical (unpaired) electrons. The van der Waals surface area contributed by atoms with E-state index < -0.39 is 0 Å². The van der Waals surface area contributed by atoms with Gasteiger partial charge in [0.15, 0.2) is 11.6 Å². The number of nitrogens with one attached hydrogen (secondary N) is 1. The largest absolute Gasteiger partial charge is 0.459 e. The summed E-state index contributed by atoms with van der Waals surface area (Å²) in [6.07, 6.45) is 10.4. The highest BCUT2D eigenvalue weighted by molar-refractivity contribution is 6.02. The fraction of sp³-hybridized carbons (Fsp3) is 0.250. The highest BCUT2D eigenvalue weighted by Crippen LogP contribution is 2.25. The molecule has 0 saturated carbocycles. The maximum Gasteiger partial charge on any atom is 0.291 e. The van der Waals surface area contributed by atoms with Gasteiger partial charge in [-0.2, -0.15) is 5.10 Å². The number of anilines is 2. The Kier molecular flexibility index (Phi) is 3.70. The fourth-order valence-electron chi connectivity index (χ4n) is 2.78. The van der Waals surface area contributed by atoms with Crippen LogP contribution in [0.25, 0.3) is 5.82 Å².